The first-order chi connectivity index (χ1) is 12.7. The molecule has 5 heteroatoms. The van der Waals surface area contributed by atoms with Crippen molar-refractivity contribution in [3.63, 3.8) is 0 Å². The van der Waals surface area contributed by atoms with Crippen molar-refractivity contribution in [2.75, 3.05) is 7.11 Å². The second-order valence-corrected chi connectivity index (χ2v) is 6.39. The van der Waals surface area contributed by atoms with Crippen molar-refractivity contribution in [1.82, 2.24) is 4.98 Å². The first kappa shape index (κ1) is 18.2. The topological polar surface area (TPSA) is 57.4 Å². The van der Waals surface area contributed by atoms with Crippen LogP contribution in [0.25, 0.3) is 0 Å². The first-order valence-electron chi connectivity index (χ1n) is 8.36. The zero-order chi connectivity index (χ0) is 18.4. The molecular weight excluding hydrogens is 348 g/mol. The Morgan fingerprint density at radius 2 is 1.88 bits per heavy atom. The van der Waals surface area contributed by atoms with Crippen LogP contribution in [0.1, 0.15) is 22.7 Å². The number of methoxy groups -OCH3 is 1. The van der Waals surface area contributed by atoms with Crippen molar-refractivity contribution in [1.29, 1.82) is 0 Å². The minimum absolute atomic E-state index is 0.166. The second kappa shape index (κ2) is 8.70. The van der Waals surface area contributed by atoms with Gasteiger partial charge in [-0.2, -0.15) is 0 Å². The lowest BCUT2D eigenvalue weighted by molar-refractivity contribution is 0.284. The molecule has 3 aromatic rings. The molecule has 0 aliphatic rings. The number of nitrogens with zero attached hydrogens (tertiary/aromatic N) is 1. The fraction of sp³-hybridized carbons (Fsp3) is 0.190. The van der Waals surface area contributed by atoms with E-state index in [1.165, 1.54) is 0 Å². The number of rotatable bonds is 7. The van der Waals surface area contributed by atoms with Crippen molar-refractivity contribution in [3.8, 4) is 11.5 Å². The van der Waals surface area contributed by atoms with Gasteiger partial charge in [0.25, 0.3) is 0 Å². The van der Waals surface area contributed by atoms with Gasteiger partial charge in [0.2, 0.25) is 0 Å². The lowest BCUT2D eigenvalue weighted by Gasteiger charge is -2.16. The van der Waals surface area contributed by atoms with Gasteiger partial charge >= 0.3 is 0 Å². The highest BCUT2D eigenvalue weighted by Gasteiger charge is 2.15. The van der Waals surface area contributed by atoms with Crippen LogP contribution in [0.15, 0.2) is 67.0 Å². The third-order valence-electron chi connectivity index (χ3n) is 4.08. The van der Waals surface area contributed by atoms with E-state index in [2.05, 4.69) is 4.98 Å². The summed E-state index contributed by atoms with van der Waals surface area (Å²) in [5.41, 5.74) is 9.31. The maximum atomic E-state index is 6.45. The smallest absolute Gasteiger partial charge is 0.180 e. The van der Waals surface area contributed by atoms with Gasteiger partial charge in [0.05, 0.1) is 12.1 Å². The summed E-state index contributed by atoms with van der Waals surface area (Å²) in [5, 5.41) is 0.508. The first-order valence-corrected chi connectivity index (χ1v) is 8.74. The van der Waals surface area contributed by atoms with Crippen molar-refractivity contribution in [2.24, 2.45) is 5.73 Å². The highest BCUT2D eigenvalue weighted by atomic mass is 35.5. The molecule has 4 nitrogen and oxygen atoms in total. The molecule has 2 aromatic carbocycles. The molecule has 1 heterocycles. The van der Waals surface area contributed by atoms with Crippen molar-refractivity contribution < 1.29 is 9.47 Å². The molecule has 1 aromatic heterocycles. The number of aromatic nitrogens is 1. The van der Waals surface area contributed by atoms with Crippen LogP contribution in [0.4, 0.5) is 0 Å². The van der Waals surface area contributed by atoms with Crippen molar-refractivity contribution >= 4 is 11.6 Å². The molecule has 134 valence electrons. The third-order valence-corrected chi connectivity index (χ3v) is 4.36. The largest absolute Gasteiger partial charge is 0.493 e. The summed E-state index contributed by atoms with van der Waals surface area (Å²) in [6, 6.07) is 17.4. The summed E-state index contributed by atoms with van der Waals surface area (Å²) in [4.78, 5) is 4.12. The van der Waals surface area contributed by atoms with E-state index in [0.717, 1.165) is 16.7 Å². The van der Waals surface area contributed by atoms with Gasteiger partial charge in [0.1, 0.15) is 6.61 Å². The third kappa shape index (κ3) is 4.54. The van der Waals surface area contributed by atoms with Crippen LogP contribution in [0, 0.1) is 0 Å². The molecule has 0 aliphatic carbocycles. The zero-order valence-corrected chi connectivity index (χ0v) is 15.3. The summed E-state index contributed by atoms with van der Waals surface area (Å²) in [7, 11) is 1.60. The molecule has 2 N–H and O–H groups in total. The van der Waals surface area contributed by atoms with Crippen LogP contribution in [0.2, 0.25) is 5.02 Å². The Hall–Kier alpha value is -2.56. The van der Waals surface area contributed by atoms with Gasteiger partial charge in [-0.05, 0) is 41.3 Å². The fourth-order valence-electron chi connectivity index (χ4n) is 2.73. The lowest BCUT2D eigenvalue weighted by Crippen LogP contribution is -2.13. The molecule has 3 rings (SSSR count). The Balaban J connectivity index is 1.76. The van der Waals surface area contributed by atoms with Gasteiger partial charge in [0.15, 0.2) is 11.5 Å². The summed E-state index contributed by atoms with van der Waals surface area (Å²) in [6.45, 7) is 0.422. The normalized spacial score (nSPS) is 11.8. The molecule has 1 unspecified atom stereocenters. The van der Waals surface area contributed by atoms with Gasteiger partial charge < -0.3 is 15.2 Å². The average molecular weight is 369 g/mol. The predicted molar refractivity (Wildman–Crippen MR) is 104 cm³/mol. The minimum Gasteiger partial charge on any atom is -0.493 e. The number of pyridine rings is 1. The van der Waals surface area contributed by atoms with Crippen molar-refractivity contribution in [2.45, 2.75) is 19.1 Å². The molecule has 26 heavy (non-hydrogen) atoms. The minimum atomic E-state index is -0.166. The molecule has 0 spiro atoms. The van der Waals surface area contributed by atoms with Gasteiger partial charge in [-0.1, -0.05) is 48.0 Å². The van der Waals surface area contributed by atoms with Crippen LogP contribution < -0.4 is 15.2 Å². The Kier molecular flexibility index (Phi) is 6.10. The molecule has 1 atom stereocenters. The number of nitrogens with two attached hydrogens (primary N) is 1. The van der Waals surface area contributed by atoms with Gasteiger partial charge in [-0.3, -0.25) is 4.98 Å². The molecule has 0 saturated heterocycles. The number of hydrogen-bond donors (Lipinski definition) is 1. The Bertz CT molecular complexity index is 841. The zero-order valence-electron chi connectivity index (χ0n) is 14.6. The number of benzene rings is 2. The Morgan fingerprint density at radius 1 is 1.08 bits per heavy atom. The standard InChI is InChI=1S/C21H21ClN2O2/c1-25-20-12-16(11-19(23)17-8-5-9-24-13-17)10-18(22)21(20)26-14-15-6-3-2-4-7-15/h2-10,12-13,19H,11,14,23H2,1H3. The maximum Gasteiger partial charge on any atom is 0.180 e. The van der Waals surface area contributed by atoms with Crippen LogP contribution in [-0.2, 0) is 13.0 Å². The molecule has 0 bridgehead atoms. The molecule has 0 aliphatic heterocycles. The van der Waals surface area contributed by atoms with E-state index in [1.54, 1.807) is 19.5 Å². The van der Waals surface area contributed by atoms with E-state index in [1.807, 2.05) is 54.6 Å². The lowest BCUT2D eigenvalue weighted by atomic mass is 10.0. The highest BCUT2D eigenvalue weighted by Crippen LogP contribution is 2.37. The number of ether oxygens (including phenoxy) is 2. The van der Waals surface area contributed by atoms with E-state index in [9.17, 15) is 0 Å². The van der Waals surface area contributed by atoms with Crippen LogP contribution in [0.5, 0.6) is 11.5 Å². The summed E-state index contributed by atoms with van der Waals surface area (Å²) < 4.78 is 11.4. The Labute approximate surface area is 158 Å². The van der Waals surface area contributed by atoms with E-state index in [4.69, 9.17) is 26.8 Å². The molecule has 0 saturated carbocycles. The van der Waals surface area contributed by atoms with E-state index in [0.29, 0.717) is 29.5 Å². The van der Waals surface area contributed by atoms with Gasteiger partial charge in [-0.25, -0.2) is 0 Å². The quantitative estimate of drug-likeness (QED) is 0.664. The summed E-state index contributed by atoms with van der Waals surface area (Å²) in [5.74, 6) is 1.14. The van der Waals surface area contributed by atoms with Crippen LogP contribution >= 0.6 is 11.6 Å². The van der Waals surface area contributed by atoms with Crippen LogP contribution in [-0.4, -0.2) is 12.1 Å². The fourth-order valence-corrected chi connectivity index (χ4v) is 3.02. The summed E-state index contributed by atoms with van der Waals surface area (Å²) in [6.07, 6.45) is 4.14. The van der Waals surface area contributed by atoms with Gasteiger partial charge in [0, 0.05) is 18.4 Å². The second-order valence-electron chi connectivity index (χ2n) is 5.98. The molecule has 0 radical (unpaired) electrons. The van der Waals surface area contributed by atoms with Gasteiger partial charge in [-0.15, -0.1) is 0 Å². The SMILES string of the molecule is COc1cc(CC(N)c2cccnc2)cc(Cl)c1OCc1ccccc1. The maximum absolute atomic E-state index is 6.45. The predicted octanol–water partition coefficient (Wildman–Crippen LogP) is 4.57. The highest BCUT2D eigenvalue weighted by molar-refractivity contribution is 6.32. The molecule has 0 fully saturated rings. The van der Waals surface area contributed by atoms with Crippen molar-refractivity contribution in [3.05, 3.63) is 88.7 Å². The average Bonchev–Trinajstić information content (AvgIpc) is 2.68. The summed E-state index contributed by atoms with van der Waals surface area (Å²) >= 11 is 6.45. The van der Waals surface area contributed by atoms with Crippen LogP contribution in [0.3, 0.4) is 0 Å². The van der Waals surface area contributed by atoms with E-state index >= 15 is 0 Å². The monoisotopic (exact) mass is 368 g/mol. The van der Waals surface area contributed by atoms with E-state index in [-0.39, 0.29) is 6.04 Å². The Morgan fingerprint density at radius 3 is 2.58 bits per heavy atom. The number of halogens is 1. The van der Waals surface area contributed by atoms with E-state index < -0.39 is 0 Å². The molecule has 0 amide bonds. The molecular formula is C21H21ClN2O2. The number of hydrogen-bond acceptors (Lipinski definition) is 4.